The number of hydrogen-bond donors (Lipinski definition) is 4. The summed E-state index contributed by atoms with van der Waals surface area (Å²) in [4.78, 5) is 40.1. The van der Waals surface area contributed by atoms with E-state index in [0.29, 0.717) is 10.7 Å². The largest absolute Gasteiger partial charge is 0.465 e. The summed E-state index contributed by atoms with van der Waals surface area (Å²) < 4.78 is 0.937. The molecule has 33 heavy (non-hydrogen) atoms. The lowest BCUT2D eigenvalue weighted by Gasteiger charge is -2.25. The van der Waals surface area contributed by atoms with Gasteiger partial charge < -0.3 is 21.1 Å². The van der Waals surface area contributed by atoms with Gasteiger partial charge in [-0.1, -0.05) is 54.0 Å². The van der Waals surface area contributed by atoms with Crippen molar-refractivity contribution in [1.29, 1.82) is 0 Å². The van der Waals surface area contributed by atoms with Crippen LogP contribution in [0.25, 0.3) is 11.3 Å². The Morgan fingerprint density at radius 2 is 1.85 bits per heavy atom. The Bertz CT molecular complexity index is 1180. The first-order valence-corrected chi connectivity index (χ1v) is 11.7. The normalized spacial score (nSPS) is 11.0. The van der Waals surface area contributed by atoms with Crippen LogP contribution in [0, 0.1) is 0 Å². The van der Waals surface area contributed by atoms with E-state index in [4.69, 9.17) is 5.11 Å². The van der Waals surface area contributed by atoms with Crippen molar-refractivity contribution < 1.29 is 19.5 Å². The zero-order valence-corrected chi connectivity index (χ0v) is 20.4. The van der Waals surface area contributed by atoms with E-state index in [-0.39, 0.29) is 19.0 Å². The highest BCUT2D eigenvalue weighted by molar-refractivity contribution is 9.10. The van der Waals surface area contributed by atoms with Gasteiger partial charge in [-0.25, -0.2) is 9.78 Å². The van der Waals surface area contributed by atoms with Gasteiger partial charge in [-0.2, -0.15) is 0 Å². The monoisotopic (exact) mass is 530 g/mol. The SMILES string of the molecule is CC(C)(CNC(=O)O)c1cccc(C(=O)NCC(=O)Nc2nc(-c3cccc(Br)c3)cs2)c1. The van der Waals surface area contributed by atoms with Crippen LogP contribution in [0.3, 0.4) is 0 Å². The third-order valence-corrected chi connectivity index (χ3v) is 6.12. The number of rotatable bonds is 8. The fourth-order valence-electron chi connectivity index (χ4n) is 3.02. The predicted octanol–water partition coefficient (Wildman–Crippen LogP) is 4.49. The molecular weight excluding hydrogens is 508 g/mol. The molecule has 1 heterocycles. The molecule has 0 saturated carbocycles. The van der Waals surface area contributed by atoms with Crippen LogP contribution in [-0.4, -0.2) is 41.1 Å². The average molecular weight is 531 g/mol. The van der Waals surface area contributed by atoms with Crippen LogP contribution in [0.1, 0.15) is 29.8 Å². The smallest absolute Gasteiger partial charge is 0.404 e. The van der Waals surface area contributed by atoms with Crippen molar-refractivity contribution >= 4 is 50.3 Å². The fourth-order valence-corrected chi connectivity index (χ4v) is 4.15. The molecule has 0 spiro atoms. The summed E-state index contributed by atoms with van der Waals surface area (Å²) in [5, 5.41) is 18.8. The highest BCUT2D eigenvalue weighted by Gasteiger charge is 2.22. The van der Waals surface area contributed by atoms with Gasteiger partial charge in [0.25, 0.3) is 5.91 Å². The molecule has 0 aliphatic rings. The number of thiazole rings is 1. The van der Waals surface area contributed by atoms with Crippen LogP contribution >= 0.6 is 27.3 Å². The van der Waals surface area contributed by atoms with Crippen molar-refractivity contribution in [1.82, 2.24) is 15.6 Å². The molecule has 3 aromatic rings. The Morgan fingerprint density at radius 1 is 1.09 bits per heavy atom. The van der Waals surface area contributed by atoms with Gasteiger partial charge in [0, 0.05) is 32.9 Å². The van der Waals surface area contributed by atoms with Crippen molar-refractivity contribution in [3.63, 3.8) is 0 Å². The number of anilines is 1. The van der Waals surface area contributed by atoms with Gasteiger partial charge in [-0.3, -0.25) is 9.59 Å². The van der Waals surface area contributed by atoms with Crippen molar-refractivity contribution in [3.8, 4) is 11.3 Å². The van der Waals surface area contributed by atoms with Crippen molar-refractivity contribution in [2.45, 2.75) is 19.3 Å². The Hall–Kier alpha value is -3.24. The zero-order chi connectivity index (χ0) is 24.0. The van der Waals surface area contributed by atoms with Crippen LogP contribution in [-0.2, 0) is 10.2 Å². The number of hydrogen-bond acceptors (Lipinski definition) is 5. The number of carbonyl (C=O) groups excluding carboxylic acids is 2. The van der Waals surface area contributed by atoms with E-state index in [1.807, 2.05) is 49.6 Å². The second kappa shape index (κ2) is 10.6. The lowest BCUT2D eigenvalue weighted by molar-refractivity contribution is -0.115. The number of benzene rings is 2. The second-order valence-electron chi connectivity index (χ2n) is 7.90. The predicted molar refractivity (Wildman–Crippen MR) is 132 cm³/mol. The molecule has 0 atom stereocenters. The van der Waals surface area contributed by atoms with E-state index in [9.17, 15) is 14.4 Å². The maximum absolute atomic E-state index is 12.5. The van der Waals surface area contributed by atoms with Gasteiger partial charge in [0.1, 0.15) is 0 Å². The van der Waals surface area contributed by atoms with Gasteiger partial charge >= 0.3 is 6.09 Å². The molecule has 0 bridgehead atoms. The summed E-state index contributed by atoms with van der Waals surface area (Å²) in [7, 11) is 0. The van der Waals surface area contributed by atoms with E-state index in [0.717, 1.165) is 21.3 Å². The van der Waals surface area contributed by atoms with Crippen LogP contribution in [0.4, 0.5) is 9.93 Å². The molecule has 8 nitrogen and oxygen atoms in total. The summed E-state index contributed by atoms with van der Waals surface area (Å²) in [6.07, 6.45) is -1.10. The van der Waals surface area contributed by atoms with Gasteiger partial charge in [0.2, 0.25) is 5.91 Å². The maximum atomic E-state index is 12.5. The molecule has 0 radical (unpaired) electrons. The van der Waals surface area contributed by atoms with Crippen molar-refractivity contribution in [3.05, 3.63) is 69.5 Å². The molecule has 0 saturated heterocycles. The molecule has 0 aliphatic heterocycles. The van der Waals surface area contributed by atoms with Crippen molar-refractivity contribution in [2.75, 3.05) is 18.4 Å². The molecule has 3 amide bonds. The minimum Gasteiger partial charge on any atom is -0.465 e. The number of nitrogens with one attached hydrogen (secondary N) is 3. The topological polar surface area (TPSA) is 120 Å². The molecule has 3 rings (SSSR count). The Morgan fingerprint density at radius 3 is 2.58 bits per heavy atom. The molecule has 0 fully saturated rings. The van der Waals surface area contributed by atoms with E-state index < -0.39 is 17.4 Å². The summed E-state index contributed by atoms with van der Waals surface area (Å²) in [5.74, 6) is -0.788. The van der Waals surface area contributed by atoms with Crippen molar-refractivity contribution in [2.24, 2.45) is 0 Å². The summed E-state index contributed by atoms with van der Waals surface area (Å²) in [5.41, 5.74) is 2.35. The first-order valence-electron chi connectivity index (χ1n) is 10.0. The van der Waals surface area contributed by atoms with Gasteiger partial charge in [0.15, 0.2) is 5.13 Å². The van der Waals surface area contributed by atoms with Gasteiger partial charge in [-0.15, -0.1) is 11.3 Å². The Labute approximate surface area is 203 Å². The van der Waals surface area contributed by atoms with Gasteiger partial charge in [-0.05, 0) is 29.8 Å². The summed E-state index contributed by atoms with van der Waals surface area (Å²) in [6, 6.07) is 14.6. The number of aromatic nitrogens is 1. The molecule has 0 unspecified atom stereocenters. The van der Waals surface area contributed by atoms with Crippen LogP contribution < -0.4 is 16.0 Å². The van der Waals surface area contributed by atoms with Gasteiger partial charge in [0.05, 0.1) is 12.2 Å². The quantitative estimate of drug-likeness (QED) is 0.342. The van der Waals surface area contributed by atoms with Crippen LogP contribution in [0.2, 0.25) is 0 Å². The lowest BCUT2D eigenvalue weighted by atomic mass is 9.84. The number of nitrogens with zero attached hydrogens (tertiary/aromatic N) is 1. The lowest BCUT2D eigenvalue weighted by Crippen LogP contribution is -2.36. The zero-order valence-electron chi connectivity index (χ0n) is 18.0. The summed E-state index contributed by atoms with van der Waals surface area (Å²) >= 11 is 4.73. The Balaban J connectivity index is 1.57. The number of amides is 3. The molecular formula is C23H23BrN4O4S. The molecule has 0 aliphatic carbocycles. The van der Waals surface area contributed by atoms with E-state index in [1.54, 1.807) is 18.2 Å². The number of halogens is 1. The van der Waals surface area contributed by atoms with Crippen LogP contribution in [0.15, 0.2) is 58.4 Å². The molecule has 2 aromatic carbocycles. The van der Waals surface area contributed by atoms with E-state index in [1.165, 1.54) is 11.3 Å². The minimum absolute atomic E-state index is 0.200. The minimum atomic E-state index is -1.10. The highest BCUT2D eigenvalue weighted by atomic mass is 79.9. The molecule has 172 valence electrons. The highest BCUT2D eigenvalue weighted by Crippen LogP contribution is 2.27. The third kappa shape index (κ3) is 6.87. The standard InChI is InChI=1S/C23H23BrN4O4S/c1-23(2,13-26-22(31)32)16-7-3-6-15(9-16)20(30)25-11-19(29)28-21-27-18(12-33-21)14-5-4-8-17(24)10-14/h3-10,12,26H,11,13H2,1-2H3,(H,25,30)(H,31,32)(H,27,28,29). The third-order valence-electron chi connectivity index (χ3n) is 4.87. The van der Waals surface area contributed by atoms with E-state index in [2.05, 4.69) is 36.9 Å². The average Bonchev–Trinajstić information content (AvgIpc) is 3.24. The Kier molecular flexibility index (Phi) is 7.83. The molecule has 4 N–H and O–H groups in total. The first kappa shape index (κ1) is 24.4. The van der Waals surface area contributed by atoms with E-state index >= 15 is 0 Å². The van der Waals surface area contributed by atoms with Crippen LogP contribution in [0.5, 0.6) is 0 Å². The second-order valence-corrected chi connectivity index (χ2v) is 9.68. The maximum Gasteiger partial charge on any atom is 0.404 e. The molecule has 1 aromatic heterocycles. The first-order chi connectivity index (χ1) is 15.6. The fraction of sp³-hybridized carbons (Fsp3) is 0.217. The number of carbonyl (C=O) groups is 3. The molecule has 10 heteroatoms. The summed E-state index contributed by atoms with van der Waals surface area (Å²) in [6.45, 7) is 3.75. The number of carboxylic acid groups (broad SMARTS) is 1.